The minimum atomic E-state index is 0.941. The van der Waals surface area contributed by atoms with Crippen LogP contribution in [0.4, 0.5) is 0 Å². The van der Waals surface area contributed by atoms with E-state index in [0.717, 1.165) is 26.2 Å². The van der Waals surface area contributed by atoms with Gasteiger partial charge in [0, 0.05) is 26.2 Å². The zero-order chi connectivity index (χ0) is 12.7. The van der Waals surface area contributed by atoms with Crippen molar-refractivity contribution in [3.8, 4) is 0 Å². The number of benzene rings is 1. The summed E-state index contributed by atoms with van der Waals surface area (Å²) in [4.78, 5) is 4.57. The van der Waals surface area contributed by atoms with E-state index < -0.39 is 0 Å². The Kier molecular flexibility index (Phi) is 6.19. The summed E-state index contributed by atoms with van der Waals surface area (Å²) in [5.74, 6) is 0. The lowest BCUT2D eigenvalue weighted by Crippen LogP contribution is -2.28. The summed E-state index contributed by atoms with van der Waals surface area (Å²) in [5.41, 5.74) is 2.72. The number of nitrogens with zero attached hydrogens (tertiary/aromatic N) is 2. The lowest BCUT2D eigenvalue weighted by Gasteiger charge is -2.19. The fraction of sp³-hybridized carbons (Fsp3) is 0.571. The third kappa shape index (κ3) is 5.82. The molecule has 0 heterocycles. The number of nitrogens with one attached hydrogen (secondary N) is 1. The molecule has 1 rings (SSSR count). The molecule has 3 nitrogen and oxygen atoms in total. The molecule has 3 heteroatoms. The Morgan fingerprint density at radius 3 is 2.06 bits per heavy atom. The third-order valence-electron chi connectivity index (χ3n) is 2.79. The summed E-state index contributed by atoms with van der Waals surface area (Å²) < 4.78 is 0. The van der Waals surface area contributed by atoms with Crippen LogP contribution in [0.3, 0.4) is 0 Å². The number of likely N-dealkylation sites (N-methyl/N-ethyl adjacent to an activating group) is 2. The Labute approximate surface area is 105 Å². The maximum absolute atomic E-state index is 3.16. The monoisotopic (exact) mass is 235 g/mol. The van der Waals surface area contributed by atoms with Gasteiger partial charge in [0.1, 0.15) is 0 Å². The molecule has 0 unspecified atom stereocenters. The molecular formula is C14H25N3. The van der Waals surface area contributed by atoms with Crippen LogP contribution in [-0.2, 0) is 13.1 Å². The molecule has 0 saturated carbocycles. The standard InChI is InChI=1S/C14H25N3/c1-15-11-13-5-7-14(8-6-13)12-17(4)10-9-16(2)3/h5-8,15H,9-12H2,1-4H3. The highest BCUT2D eigenvalue weighted by Crippen LogP contribution is 2.06. The first-order chi connectivity index (χ1) is 8.11. The first-order valence-electron chi connectivity index (χ1n) is 6.17. The maximum atomic E-state index is 3.16. The first kappa shape index (κ1) is 14.2. The molecule has 0 amide bonds. The van der Waals surface area contributed by atoms with Gasteiger partial charge in [0.05, 0.1) is 0 Å². The fourth-order valence-corrected chi connectivity index (χ4v) is 1.73. The number of hydrogen-bond donors (Lipinski definition) is 1. The van der Waals surface area contributed by atoms with Crippen LogP contribution in [0.15, 0.2) is 24.3 Å². The van der Waals surface area contributed by atoms with Gasteiger partial charge in [-0.25, -0.2) is 0 Å². The van der Waals surface area contributed by atoms with Gasteiger partial charge in [0.25, 0.3) is 0 Å². The van der Waals surface area contributed by atoms with Crippen LogP contribution in [0.2, 0.25) is 0 Å². The molecule has 0 atom stereocenters. The SMILES string of the molecule is CNCc1ccc(CN(C)CCN(C)C)cc1. The van der Waals surface area contributed by atoms with Gasteiger partial charge in [-0.05, 0) is 39.3 Å². The van der Waals surface area contributed by atoms with Gasteiger partial charge in [0.2, 0.25) is 0 Å². The van der Waals surface area contributed by atoms with E-state index in [1.165, 1.54) is 11.1 Å². The van der Waals surface area contributed by atoms with Crippen molar-refractivity contribution >= 4 is 0 Å². The third-order valence-corrected chi connectivity index (χ3v) is 2.79. The molecule has 0 fully saturated rings. The minimum absolute atomic E-state index is 0.941. The summed E-state index contributed by atoms with van der Waals surface area (Å²) in [6.07, 6.45) is 0. The van der Waals surface area contributed by atoms with Gasteiger partial charge in [-0.2, -0.15) is 0 Å². The molecule has 17 heavy (non-hydrogen) atoms. The molecule has 1 aromatic rings. The molecule has 0 spiro atoms. The van der Waals surface area contributed by atoms with Crippen LogP contribution >= 0.6 is 0 Å². The van der Waals surface area contributed by atoms with E-state index >= 15 is 0 Å². The zero-order valence-corrected chi connectivity index (χ0v) is 11.5. The summed E-state index contributed by atoms with van der Waals surface area (Å²) in [6, 6.07) is 8.84. The van der Waals surface area contributed by atoms with Crippen LogP contribution in [0, 0.1) is 0 Å². The maximum Gasteiger partial charge on any atom is 0.0231 e. The van der Waals surface area contributed by atoms with Gasteiger partial charge in [-0.1, -0.05) is 24.3 Å². The second kappa shape index (κ2) is 7.43. The van der Waals surface area contributed by atoms with Gasteiger partial charge < -0.3 is 15.1 Å². The Balaban J connectivity index is 2.40. The Morgan fingerprint density at radius 2 is 1.53 bits per heavy atom. The van der Waals surface area contributed by atoms with E-state index in [-0.39, 0.29) is 0 Å². The molecule has 0 aromatic heterocycles. The summed E-state index contributed by atoms with van der Waals surface area (Å²) in [5, 5.41) is 3.16. The molecular weight excluding hydrogens is 210 g/mol. The molecule has 0 bridgehead atoms. The van der Waals surface area contributed by atoms with Crippen LogP contribution in [0.25, 0.3) is 0 Å². The molecule has 0 radical (unpaired) electrons. The molecule has 0 saturated heterocycles. The van der Waals surface area contributed by atoms with Crippen molar-refractivity contribution < 1.29 is 0 Å². The minimum Gasteiger partial charge on any atom is -0.316 e. The largest absolute Gasteiger partial charge is 0.316 e. The second-order valence-electron chi connectivity index (χ2n) is 4.89. The van der Waals surface area contributed by atoms with Crippen LogP contribution in [0.1, 0.15) is 11.1 Å². The lowest BCUT2D eigenvalue weighted by molar-refractivity contribution is 0.276. The molecule has 1 N–H and O–H groups in total. The van der Waals surface area contributed by atoms with Crippen molar-refractivity contribution in [1.29, 1.82) is 0 Å². The van der Waals surface area contributed by atoms with Crippen LogP contribution in [-0.4, -0.2) is 51.1 Å². The average Bonchev–Trinajstić information content (AvgIpc) is 2.29. The highest BCUT2D eigenvalue weighted by Gasteiger charge is 2.01. The van der Waals surface area contributed by atoms with E-state index in [9.17, 15) is 0 Å². The molecule has 96 valence electrons. The van der Waals surface area contributed by atoms with Crippen molar-refractivity contribution in [2.24, 2.45) is 0 Å². The van der Waals surface area contributed by atoms with Crippen molar-refractivity contribution in [2.45, 2.75) is 13.1 Å². The normalized spacial score (nSPS) is 11.4. The Hall–Kier alpha value is -0.900. The van der Waals surface area contributed by atoms with Crippen molar-refractivity contribution in [3.63, 3.8) is 0 Å². The molecule has 0 aliphatic rings. The smallest absolute Gasteiger partial charge is 0.0231 e. The average molecular weight is 235 g/mol. The van der Waals surface area contributed by atoms with Crippen LogP contribution < -0.4 is 5.32 Å². The van der Waals surface area contributed by atoms with E-state index in [4.69, 9.17) is 0 Å². The highest BCUT2D eigenvalue weighted by atomic mass is 15.1. The second-order valence-corrected chi connectivity index (χ2v) is 4.89. The summed E-state index contributed by atoms with van der Waals surface area (Å²) in [6.45, 7) is 4.17. The Bertz CT molecular complexity index is 306. The zero-order valence-electron chi connectivity index (χ0n) is 11.5. The number of rotatable bonds is 7. The quantitative estimate of drug-likeness (QED) is 0.771. The molecule has 1 aromatic carbocycles. The fourth-order valence-electron chi connectivity index (χ4n) is 1.73. The number of hydrogen-bond acceptors (Lipinski definition) is 3. The van der Waals surface area contributed by atoms with Crippen molar-refractivity contribution in [1.82, 2.24) is 15.1 Å². The summed E-state index contributed by atoms with van der Waals surface area (Å²) in [7, 11) is 8.37. The van der Waals surface area contributed by atoms with E-state index in [0.29, 0.717) is 0 Å². The highest BCUT2D eigenvalue weighted by molar-refractivity contribution is 5.22. The summed E-state index contributed by atoms with van der Waals surface area (Å²) >= 11 is 0. The van der Waals surface area contributed by atoms with Gasteiger partial charge in [-0.3, -0.25) is 0 Å². The predicted octanol–water partition coefficient (Wildman–Crippen LogP) is 1.40. The van der Waals surface area contributed by atoms with E-state index in [1.807, 2.05) is 7.05 Å². The Morgan fingerprint density at radius 1 is 0.941 bits per heavy atom. The molecule has 0 aliphatic carbocycles. The van der Waals surface area contributed by atoms with Gasteiger partial charge in [0.15, 0.2) is 0 Å². The molecule has 0 aliphatic heterocycles. The van der Waals surface area contributed by atoms with E-state index in [1.54, 1.807) is 0 Å². The lowest BCUT2D eigenvalue weighted by atomic mass is 10.1. The predicted molar refractivity (Wildman–Crippen MR) is 74.1 cm³/mol. The van der Waals surface area contributed by atoms with Crippen LogP contribution in [0.5, 0.6) is 0 Å². The van der Waals surface area contributed by atoms with Crippen molar-refractivity contribution in [3.05, 3.63) is 35.4 Å². The first-order valence-corrected chi connectivity index (χ1v) is 6.17. The van der Waals surface area contributed by atoms with E-state index in [2.05, 4.69) is 60.5 Å². The van der Waals surface area contributed by atoms with Gasteiger partial charge >= 0.3 is 0 Å². The topological polar surface area (TPSA) is 18.5 Å². The van der Waals surface area contributed by atoms with Gasteiger partial charge in [-0.15, -0.1) is 0 Å². The van der Waals surface area contributed by atoms with Crippen molar-refractivity contribution in [2.75, 3.05) is 41.3 Å².